The van der Waals surface area contributed by atoms with E-state index in [4.69, 9.17) is 14.0 Å². The molecule has 2 aromatic carbocycles. The molecule has 1 aliphatic heterocycles. The first-order valence-corrected chi connectivity index (χ1v) is 7.33. The molecular formula is C17H21BO3. The first kappa shape index (κ1) is 14.6. The van der Waals surface area contributed by atoms with E-state index in [1.54, 1.807) is 0 Å². The van der Waals surface area contributed by atoms with Gasteiger partial charge in [-0.25, -0.2) is 0 Å². The van der Waals surface area contributed by atoms with Gasteiger partial charge < -0.3 is 14.0 Å². The van der Waals surface area contributed by atoms with Crippen molar-refractivity contribution >= 4 is 18.1 Å². The predicted octanol–water partition coefficient (Wildman–Crippen LogP) is 3.95. The second kappa shape index (κ2) is 5.13. The molecule has 0 saturated carbocycles. The van der Waals surface area contributed by atoms with E-state index >= 15 is 0 Å². The predicted molar refractivity (Wildman–Crippen MR) is 84.8 cm³/mol. The van der Waals surface area contributed by atoms with Crippen LogP contribution in [0.4, 0.5) is 0 Å². The van der Waals surface area contributed by atoms with Gasteiger partial charge in [0.15, 0.2) is 0 Å². The highest BCUT2D eigenvalue weighted by molar-refractivity contribution is 6.37. The third-order valence-corrected chi connectivity index (χ3v) is 4.49. The van der Waals surface area contributed by atoms with E-state index in [2.05, 4.69) is 24.3 Å². The standard InChI is InChI=1S/C17H21BO3/c1-16(2)17(3,4)21-18(20-16)19-12-14-10-7-9-13-8-5-6-11-15(13)14/h5-11H,12H2,1-4H3. The normalized spacial score (nSPS) is 20.1. The molecule has 21 heavy (non-hydrogen) atoms. The molecule has 2 aromatic rings. The first-order chi connectivity index (χ1) is 9.89. The zero-order valence-electron chi connectivity index (χ0n) is 13.1. The monoisotopic (exact) mass is 284 g/mol. The van der Waals surface area contributed by atoms with Crippen molar-refractivity contribution in [3.8, 4) is 0 Å². The van der Waals surface area contributed by atoms with Gasteiger partial charge in [-0.2, -0.15) is 0 Å². The van der Waals surface area contributed by atoms with Gasteiger partial charge in [-0.15, -0.1) is 0 Å². The molecule has 0 radical (unpaired) electrons. The second-order valence-corrected chi connectivity index (χ2v) is 6.49. The van der Waals surface area contributed by atoms with Crippen LogP contribution in [0.2, 0.25) is 0 Å². The number of rotatable bonds is 3. The largest absolute Gasteiger partial charge is 0.640 e. The van der Waals surface area contributed by atoms with E-state index in [1.807, 2.05) is 45.9 Å². The Morgan fingerprint density at radius 2 is 1.52 bits per heavy atom. The topological polar surface area (TPSA) is 27.7 Å². The molecule has 0 amide bonds. The lowest BCUT2D eigenvalue weighted by Crippen LogP contribution is -2.41. The summed E-state index contributed by atoms with van der Waals surface area (Å²) in [5.41, 5.74) is 0.412. The Hall–Kier alpha value is -1.36. The van der Waals surface area contributed by atoms with Crippen LogP contribution in [0.15, 0.2) is 42.5 Å². The molecule has 3 rings (SSSR count). The quantitative estimate of drug-likeness (QED) is 0.799. The molecule has 1 saturated heterocycles. The molecule has 1 heterocycles. The van der Waals surface area contributed by atoms with Crippen LogP contribution in [0.1, 0.15) is 33.3 Å². The van der Waals surface area contributed by atoms with E-state index in [0.29, 0.717) is 6.61 Å². The van der Waals surface area contributed by atoms with Crippen molar-refractivity contribution in [3.63, 3.8) is 0 Å². The van der Waals surface area contributed by atoms with E-state index < -0.39 is 7.32 Å². The van der Waals surface area contributed by atoms with Crippen molar-refractivity contribution in [1.29, 1.82) is 0 Å². The fourth-order valence-electron chi connectivity index (χ4n) is 2.43. The maximum atomic E-state index is 5.85. The molecule has 0 spiro atoms. The number of hydrogen-bond donors (Lipinski definition) is 0. The van der Waals surface area contributed by atoms with Gasteiger partial charge in [-0.05, 0) is 44.0 Å². The molecule has 0 aliphatic carbocycles. The highest BCUT2D eigenvalue weighted by Gasteiger charge is 2.52. The van der Waals surface area contributed by atoms with E-state index in [9.17, 15) is 0 Å². The summed E-state index contributed by atoms with van der Waals surface area (Å²) in [4.78, 5) is 0. The third-order valence-electron chi connectivity index (χ3n) is 4.49. The zero-order valence-corrected chi connectivity index (χ0v) is 13.1. The Morgan fingerprint density at radius 1 is 0.905 bits per heavy atom. The summed E-state index contributed by atoms with van der Waals surface area (Å²) in [6, 6.07) is 14.5. The minimum absolute atomic E-state index is 0.365. The van der Waals surface area contributed by atoms with Crippen LogP contribution in [0.5, 0.6) is 0 Å². The maximum absolute atomic E-state index is 5.85. The van der Waals surface area contributed by atoms with Crippen molar-refractivity contribution in [2.75, 3.05) is 0 Å². The van der Waals surface area contributed by atoms with Crippen LogP contribution in [0.3, 0.4) is 0 Å². The van der Waals surface area contributed by atoms with Gasteiger partial charge in [-0.3, -0.25) is 0 Å². The number of hydrogen-bond acceptors (Lipinski definition) is 3. The Kier molecular flexibility index (Phi) is 3.56. The maximum Gasteiger partial charge on any atom is 0.640 e. The van der Waals surface area contributed by atoms with Gasteiger partial charge in [0, 0.05) is 0 Å². The van der Waals surface area contributed by atoms with Crippen molar-refractivity contribution in [1.82, 2.24) is 0 Å². The average Bonchev–Trinajstić information content (AvgIpc) is 2.64. The molecule has 0 N–H and O–H groups in total. The van der Waals surface area contributed by atoms with Gasteiger partial charge >= 0.3 is 7.32 Å². The lowest BCUT2D eigenvalue weighted by atomic mass is 9.90. The molecule has 110 valence electrons. The molecule has 4 heteroatoms. The smallest absolute Gasteiger partial charge is 0.382 e. The first-order valence-electron chi connectivity index (χ1n) is 7.33. The van der Waals surface area contributed by atoms with Gasteiger partial charge in [0.1, 0.15) is 0 Å². The van der Waals surface area contributed by atoms with Crippen molar-refractivity contribution in [2.45, 2.75) is 45.5 Å². The summed E-state index contributed by atoms with van der Waals surface area (Å²) < 4.78 is 17.5. The van der Waals surface area contributed by atoms with Crippen LogP contribution in [-0.2, 0) is 20.6 Å². The van der Waals surface area contributed by atoms with Gasteiger partial charge in [0.25, 0.3) is 0 Å². The molecule has 1 fully saturated rings. The van der Waals surface area contributed by atoms with Crippen LogP contribution < -0.4 is 0 Å². The van der Waals surface area contributed by atoms with Gasteiger partial charge in [0.2, 0.25) is 0 Å². The number of fused-ring (bicyclic) bond motifs is 1. The zero-order chi connectivity index (χ0) is 15.1. The molecule has 0 atom stereocenters. The summed E-state index contributed by atoms with van der Waals surface area (Å²) in [7, 11) is -0.617. The SMILES string of the molecule is CC1(C)OB(OCc2cccc3ccccc23)OC1(C)C. The molecule has 0 aromatic heterocycles. The Morgan fingerprint density at radius 3 is 2.24 bits per heavy atom. The van der Waals surface area contributed by atoms with Crippen molar-refractivity contribution in [2.24, 2.45) is 0 Å². The van der Waals surface area contributed by atoms with E-state index in [-0.39, 0.29) is 11.2 Å². The summed E-state index contributed by atoms with van der Waals surface area (Å²) in [5.74, 6) is 0. The Bertz CT molecular complexity index is 630. The summed E-state index contributed by atoms with van der Waals surface area (Å²) in [6.07, 6.45) is 0. The summed E-state index contributed by atoms with van der Waals surface area (Å²) in [5, 5.41) is 2.42. The highest BCUT2D eigenvalue weighted by atomic mass is 16.8. The Labute approximate surface area is 126 Å². The molecule has 0 bridgehead atoms. The van der Waals surface area contributed by atoms with Crippen LogP contribution in [-0.4, -0.2) is 18.5 Å². The van der Waals surface area contributed by atoms with E-state index in [1.165, 1.54) is 10.8 Å². The van der Waals surface area contributed by atoms with Gasteiger partial charge in [-0.1, -0.05) is 42.5 Å². The summed E-state index contributed by atoms with van der Waals surface area (Å²) >= 11 is 0. The minimum atomic E-state index is -0.617. The van der Waals surface area contributed by atoms with E-state index in [0.717, 1.165) is 5.56 Å². The van der Waals surface area contributed by atoms with Crippen LogP contribution in [0.25, 0.3) is 10.8 Å². The minimum Gasteiger partial charge on any atom is -0.382 e. The van der Waals surface area contributed by atoms with Crippen molar-refractivity contribution in [3.05, 3.63) is 48.0 Å². The highest BCUT2D eigenvalue weighted by Crippen LogP contribution is 2.37. The molecular weight excluding hydrogens is 263 g/mol. The summed E-state index contributed by atoms with van der Waals surface area (Å²) in [6.45, 7) is 8.56. The Balaban J connectivity index is 1.74. The van der Waals surface area contributed by atoms with Crippen LogP contribution >= 0.6 is 0 Å². The average molecular weight is 284 g/mol. The lowest BCUT2D eigenvalue weighted by molar-refractivity contribution is 0.00578. The molecule has 1 aliphatic rings. The van der Waals surface area contributed by atoms with Crippen LogP contribution in [0, 0.1) is 0 Å². The fourth-order valence-corrected chi connectivity index (χ4v) is 2.43. The van der Waals surface area contributed by atoms with Gasteiger partial charge in [0.05, 0.1) is 17.8 Å². The van der Waals surface area contributed by atoms with Crippen molar-refractivity contribution < 1.29 is 14.0 Å². The second-order valence-electron chi connectivity index (χ2n) is 6.49. The molecule has 0 unspecified atom stereocenters. The third kappa shape index (κ3) is 2.71. The molecule has 3 nitrogen and oxygen atoms in total. The lowest BCUT2D eigenvalue weighted by Gasteiger charge is -2.31. The fraction of sp³-hybridized carbons (Fsp3) is 0.412. The number of benzene rings is 2.